The third-order valence-electron chi connectivity index (χ3n) is 5.56. The Labute approximate surface area is 129 Å². The molecular formula is C17H21N2O3+. The van der Waals surface area contributed by atoms with Crippen LogP contribution in [-0.2, 0) is 9.53 Å². The van der Waals surface area contributed by atoms with Crippen molar-refractivity contribution in [1.29, 1.82) is 0 Å². The van der Waals surface area contributed by atoms with Crippen LogP contribution in [0.15, 0.2) is 41.2 Å². The third-order valence-corrected chi connectivity index (χ3v) is 5.56. The lowest BCUT2D eigenvalue weighted by molar-refractivity contribution is -0.941. The molecule has 3 aliphatic heterocycles. The summed E-state index contributed by atoms with van der Waals surface area (Å²) in [4.78, 5) is 16.0. The predicted octanol–water partition coefficient (Wildman–Crippen LogP) is 1.59. The van der Waals surface area contributed by atoms with Crippen molar-refractivity contribution in [1.82, 2.24) is 0 Å². The summed E-state index contributed by atoms with van der Waals surface area (Å²) < 4.78 is 6.45. The van der Waals surface area contributed by atoms with Crippen LogP contribution >= 0.6 is 0 Å². The highest BCUT2D eigenvalue weighted by atomic mass is 16.5. The molecule has 4 aliphatic rings. The zero-order valence-electron chi connectivity index (χ0n) is 12.5. The number of ether oxygens (including phenoxy) is 1. The highest BCUT2D eigenvalue weighted by molar-refractivity contribution is 6.37. The van der Waals surface area contributed by atoms with Crippen LogP contribution in [0.1, 0.15) is 6.42 Å². The van der Waals surface area contributed by atoms with Gasteiger partial charge in [-0.15, -0.1) is 0 Å². The fourth-order valence-corrected chi connectivity index (χ4v) is 4.32. The molecule has 0 aromatic rings. The minimum Gasteiger partial charge on any atom is -0.477 e. The van der Waals surface area contributed by atoms with Gasteiger partial charge in [0.1, 0.15) is 24.5 Å². The number of carbonyl (C=O) groups is 1. The molecule has 1 spiro atoms. The number of hydrogen-bond donors (Lipinski definition) is 1. The number of carboxylic acid groups (broad SMARTS) is 1. The molecule has 2 saturated heterocycles. The predicted molar refractivity (Wildman–Crippen MR) is 82.2 cm³/mol. The quantitative estimate of drug-likeness (QED) is 0.748. The minimum atomic E-state index is -0.904. The molecule has 3 heterocycles. The molecule has 0 saturated carbocycles. The zero-order chi connectivity index (χ0) is 15.2. The van der Waals surface area contributed by atoms with Crippen molar-refractivity contribution >= 4 is 11.7 Å². The first-order valence-corrected chi connectivity index (χ1v) is 8.00. The van der Waals surface area contributed by atoms with Gasteiger partial charge in [0, 0.05) is 5.92 Å². The average molecular weight is 301 g/mol. The van der Waals surface area contributed by atoms with Crippen LogP contribution in [0.2, 0.25) is 0 Å². The summed E-state index contributed by atoms with van der Waals surface area (Å²) in [6.07, 6.45) is 10.9. The summed E-state index contributed by atoms with van der Waals surface area (Å²) in [6, 6.07) is 0. The van der Waals surface area contributed by atoms with Crippen molar-refractivity contribution in [3.05, 3.63) is 36.2 Å². The molecule has 5 nitrogen and oxygen atoms in total. The van der Waals surface area contributed by atoms with E-state index in [4.69, 9.17) is 4.74 Å². The molecule has 2 fully saturated rings. The van der Waals surface area contributed by atoms with Gasteiger partial charge in [-0.1, -0.05) is 24.3 Å². The summed E-state index contributed by atoms with van der Waals surface area (Å²) in [5.41, 5.74) is 1.58. The van der Waals surface area contributed by atoms with Crippen LogP contribution in [0.5, 0.6) is 0 Å². The fourth-order valence-electron chi connectivity index (χ4n) is 4.32. The van der Waals surface area contributed by atoms with Crippen LogP contribution in [-0.4, -0.2) is 54.1 Å². The molecule has 22 heavy (non-hydrogen) atoms. The van der Waals surface area contributed by atoms with Crippen molar-refractivity contribution in [2.45, 2.75) is 6.42 Å². The molecule has 1 aliphatic carbocycles. The SMILES string of the molecule is O=C(O)C1=NC=C2C(C[N+]23CCOCC3)C2C=CC=CC1C2. The van der Waals surface area contributed by atoms with Crippen molar-refractivity contribution in [3.8, 4) is 0 Å². The van der Waals surface area contributed by atoms with Crippen LogP contribution in [0, 0.1) is 17.8 Å². The second-order valence-corrected chi connectivity index (χ2v) is 6.64. The van der Waals surface area contributed by atoms with E-state index in [2.05, 4.69) is 17.1 Å². The number of allylic oxidation sites excluding steroid dienone is 4. The molecule has 2 bridgehead atoms. The van der Waals surface area contributed by atoms with E-state index >= 15 is 0 Å². The van der Waals surface area contributed by atoms with E-state index in [0.717, 1.165) is 43.8 Å². The molecular weight excluding hydrogens is 280 g/mol. The smallest absolute Gasteiger partial charge is 0.350 e. The van der Waals surface area contributed by atoms with Gasteiger partial charge in [0.05, 0.1) is 31.9 Å². The number of quaternary nitrogens is 1. The number of hydrogen-bond acceptors (Lipinski definition) is 3. The lowest BCUT2D eigenvalue weighted by Crippen LogP contribution is -2.67. The van der Waals surface area contributed by atoms with Gasteiger partial charge < -0.3 is 9.84 Å². The Morgan fingerprint density at radius 2 is 2.05 bits per heavy atom. The summed E-state index contributed by atoms with van der Waals surface area (Å²) >= 11 is 0. The first-order chi connectivity index (χ1) is 10.7. The van der Waals surface area contributed by atoms with Gasteiger partial charge in [-0.25, -0.2) is 9.79 Å². The van der Waals surface area contributed by atoms with E-state index in [0.29, 0.717) is 11.8 Å². The van der Waals surface area contributed by atoms with Gasteiger partial charge in [0.2, 0.25) is 0 Å². The topological polar surface area (TPSA) is 58.9 Å². The highest BCUT2D eigenvalue weighted by Crippen LogP contribution is 2.46. The van der Waals surface area contributed by atoms with Crippen LogP contribution in [0.3, 0.4) is 0 Å². The van der Waals surface area contributed by atoms with Crippen molar-refractivity contribution in [2.75, 3.05) is 32.8 Å². The van der Waals surface area contributed by atoms with Crippen molar-refractivity contribution < 1.29 is 19.1 Å². The molecule has 0 amide bonds. The minimum absolute atomic E-state index is 0.0889. The van der Waals surface area contributed by atoms with E-state index < -0.39 is 5.97 Å². The van der Waals surface area contributed by atoms with Gasteiger partial charge in [0.25, 0.3) is 0 Å². The second kappa shape index (κ2) is 5.18. The summed E-state index contributed by atoms with van der Waals surface area (Å²) in [6.45, 7) is 4.67. The van der Waals surface area contributed by atoms with Gasteiger partial charge in [0.15, 0.2) is 0 Å². The van der Waals surface area contributed by atoms with E-state index in [1.807, 2.05) is 18.4 Å². The Kier molecular flexibility index (Phi) is 3.27. The van der Waals surface area contributed by atoms with E-state index in [1.165, 1.54) is 5.70 Å². The lowest BCUT2D eigenvalue weighted by atomic mass is 9.74. The van der Waals surface area contributed by atoms with Gasteiger partial charge in [-0.05, 0) is 12.3 Å². The molecule has 0 radical (unpaired) electrons. The second-order valence-electron chi connectivity index (χ2n) is 6.64. The van der Waals surface area contributed by atoms with E-state index in [9.17, 15) is 9.90 Å². The summed E-state index contributed by atoms with van der Waals surface area (Å²) in [5, 5.41) is 9.49. The molecule has 3 atom stereocenters. The van der Waals surface area contributed by atoms with Crippen LogP contribution in [0.25, 0.3) is 0 Å². The normalized spacial score (nSPS) is 35.4. The maximum atomic E-state index is 11.6. The highest BCUT2D eigenvalue weighted by Gasteiger charge is 2.54. The number of aliphatic imine (C=N–C) groups is 1. The maximum Gasteiger partial charge on any atom is 0.350 e. The summed E-state index contributed by atoms with van der Waals surface area (Å²) in [5.74, 6) is -0.0916. The Hall–Kier alpha value is -1.72. The van der Waals surface area contributed by atoms with E-state index in [1.54, 1.807) is 0 Å². The van der Waals surface area contributed by atoms with Gasteiger partial charge >= 0.3 is 5.97 Å². The average Bonchev–Trinajstić information content (AvgIpc) is 2.75. The molecule has 5 heteroatoms. The standard InChI is InChI=1S/C17H20N2O3/c20-17(21)16-13-4-2-1-3-12(9-13)14-11-19(15(14)10-18-16)5-7-22-8-6-19/h1-4,10,12-14H,5-9,11H2/p+1. The van der Waals surface area contributed by atoms with Gasteiger partial charge in [-0.3, -0.25) is 4.48 Å². The molecule has 116 valence electrons. The fraction of sp³-hybridized carbons (Fsp3) is 0.529. The van der Waals surface area contributed by atoms with E-state index in [-0.39, 0.29) is 11.6 Å². The Balaban J connectivity index is 1.75. The van der Waals surface area contributed by atoms with Crippen molar-refractivity contribution in [2.24, 2.45) is 22.7 Å². The number of carboxylic acids is 1. The Bertz CT molecular complexity index is 611. The number of rotatable bonds is 1. The lowest BCUT2D eigenvalue weighted by Gasteiger charge is -2.55. The molecule has 1 N–H and O–H groups in total. The number of aliphatic carboxylic acids is 1. The Morgan fingerprint density at radius 1 is 1.27 bits per heavy atom. The molecule has 0 aromatic carbocycles. The first-order valence-electron chi connectivity index (χ1n) is 8.00. The number of morpholine rings is 1. The Morgan fingerprint density at radius 3 is 2.82 bits per heavy atom. The van der Waals surface area contributed by atoms with Crippen molar-refractivity contribution in [3.63, 3.8) is 0 Å². The molecule has 0 aromatic heterocycles. The van der Waals surface area contributed by atoms with Crippen LogP contribution in [0.4, 0.5) is 0 Å². The van der Waals surface area contributed by atoms with Gasteiger partial charge in [-0.2, -0.15) is 0 Å². The summed E-state index contributed by atoms with van der Waals surface area (Å²) in [7, 11) is 0. The largest absolute Gasteiger partial charge is 0.477 e. The number of fused-ring (bicyclic) bond motifs is 5. The monoisotopic (exact) mass is 301 g/mol. The zero-order valence-corrected chi connectivity index (χ0v) is 12.5. The first kappa shape index (κ1) is 13.9. The third kappa shape index (κ3) is 2.08. The number of nitrogens with zero attached hydrogens (tertiary/aromatic N) is 2. The molecule has 3 unspecified atom stereocenters. The maximum absolute atomic E-state index is 11.6. The van der Waals surface area contributed by atoms with Crippen LogP contribution < -0.4 is 0 Å². The molecule has 4 rings (SSSR count).